The SMILES string of the molecule is CC(=O)C1=C(Nc2ccccc2)SC(c2ccccc2)C=C1. The Morgan fingerprint density at radius 1 is 1.00 bits per heavy atom. The quantitative estimate of drug-likeness (QED) is 0.867. The molecule has 0 amide bonds. The highest BCUT2D eigenvalue weighted by atomic mass is 32.2. The fraction of sp³-hybridized carbons (Fsp3) is 0.105. The molecule has 0 bridgehead atoms. The fourth-order valence-electron chi connectivity index (χ4n) is 2.34. The van der Waals surface area contributed by atoms with Crippen molar-refractivity contribution in [1.82, 2.24) is 0 Å². The summed E-state index contributed by atoms with van der Waals surface area (Å²) in [5.41, 5.74) is 2.96. The predicted molar refractivity (Wildman–Crippen MR) is 93.7 cm³/mol. The molecule has 0 radical (unpaired) electrons. The van der Waals surface area contributed by atoms with Crippen molar-refractivity contribution in [3.8, 4) is 0 Å². The Balaban J connectivity index is 1.89. The third kappa shape index (κ3) is 3.31. The van der Waals surface area contributed by atoms with Crippen LogP contribution in [0, 0.1) is 0 Å². The van der Waals surface area contributed by atoms with Crippen molar-refractivity contribution < 1.29 is 4.79 Å². The zero-order valence-electron chi connectivity index (χ0n) is 12.3. The number of thioether (sulfide) groups is 1. The van der Waals surface area contributed by atoms with Crippen molar-refractivity contribution in [2.24, 2.45) is 0 Å². The van der Waals surface area contributed by atoms with Crippen LogP contribution in [0.4, 0.5) is 5.69 Å². The Hall–Kier alpha value is -2.26. The lowest BCUT2D eigenvalue weighted by atomic mass is 10.1. The van der Waals surface area contributed by atoms with E-state index >= 15 is 0 Å². The van der Waals surface area contributed by atoms with Gasteiger partial charge in [-0.2, -0.15) is 0 Å². The smallest absolute Gasteiger partial charge is 0.162 e. The molecular formula is C19H17NOS. The highest BCUT2D eigenvalue weighted by molar-refractivity contribution is 8.03. The van der Waals surface area contributed by atoms with E-state index < -0.39 is 0 Å². The monoisotopic (exact) mass is 307 g/mol. The van der Waals surface area contributed by atoms with Crippen molar-refractivity contribution in [2.75, 3.05) is 5.32 Å². The van der Waals surface area contributed by atoms with Gasteiger partial charge in [0.05, 0.1) is 10.3 Å². The second-order valence-corrected chi connectivity index (χ2v) is 6.25. The summed E-state index contributed by atoms with van der Waals surface area (Å²) >= 11 is 1.68. The molecule has 0 aliphatic carbocycles. The molecular weight excluding hydrogens is 290 g/mol. The van der Waals surface area contributed by atoms with Gasteiger partial charge in [0.2, 0.25) is 0 Å². The van der Waals surface area contributed by atoms with Gasteiger partial charge in [-0.1, -0.05) is 72.4 Å². The average molecular weight is 307 g/mol. The van der Waals surface area contributed by atoms with E-state index in [1.807, 2.05) is 54.6 Å². The van der Waals surface area contributed by atoms with Crippen LogP contribution in [0.1, 0.15) is 17.7 Å². The van der Waals surface area contributed by atoms with Crippen molar-refractivity contribution in [3.63, 3.8) is 0 Å². The van der Waals surface area contributed by atoms with Gasteiger partial charge in [-0.3, -0.25) is 4.79 Å². The lowest BCUT2D eigenvalue weighted by Crippen LogP contribution is -2.10. The summed E-state index contributed by atoms with van der Waals surface area (Å²) in [5.74, 6) is 0.0775. The molecule has 22 heavy (non-hydrogen) atoms. The third-order valence-corrected chi connectivity index (χ3v) is 4.71. The molecule has 0 fully saturated rings. The Kier molecular flexibility index (Phi) is 4.45. The van der Waals surface area contributed by atoms with Crippen LogP contribution < -0.4 is 5.32 Å². The molecule has 0 saturated carbocycles. The van der Waals surface area contributed by atoms with E-state index in [0.29, 0.717) is 0 Å². The molecule has 3 heteroatoms. The number of para-hydroxylation sites is 1. The highest BCUT2D eigenvalue weighted by Crippen LogP contribution is 2.41. The van der Waals surface area contributed by atoms with E-state index in [9.17, 15) is 4.79 Å². The molecule has 0 aromatic heterocycles. The lowest BCUT2D eigenvalue weighted by Gasteiger charge is -2.22. The Bertz CT molecular complexity index is 720. The molecule has 0 saturated heterocycles. The van der Waals surface area contributed by atoms with Crippen molar-refractivity contribution in [1.29, 1.82) is 0 Å². The maximum absolute atomic E-state index is 11.9. The van der Waals surface area contributed by atoms with E-state index in [-0.39, 0.29) is 11.0 Å². The average Bonchev–Trinajstić information content (AvgIpc) is 2.56. The lowest BCUT2D eigenvalue weighted by molar-refractivity contribution is -0.113. The van der Waals surface area contributed by atoms with Gasteiger partial charge in [0.1, 0.15) is 0 Å². The largest absolute Gasteiger partial charge is 0.350 e. The van der Waals surface area contributed by atoms with Crippen LogP contribution in [-0.2, 0) is 4.79 Å². The minimum atomic E-state index is 0.0775. The van der Waals surface area contributed by atoms with Crippen LogP contribution in [0.15, 0.2) is 83.4 Å². The minimum absolute atomic E-state index is 0.0775. The van der Waals surface area contributed by atoms with Crippen LogP contribution in [0.5, 0.6) is 0 Å². The minimum Gasteiger partial charge on any atom is -0.350 e. The van der Waals surface area contributed by atoms with Gasteiger partial charge in [-0.05, 0) is 24.6 Å². The summed E-state index contributed by atoms with van der Waals surface area (Å²) in [6, 6.07) is 20.3. The molecule has 0 spiro atoms. The number of Topliss-reactive ketones (excluding diaryl/α,β-unsaturated/α-hetero) is 1. The van der Waals surface area contributed by atoms with Crippen molar-refractivity contribution in [2.45, 2.75) is 12.2 Å². The number of carbonyl (C=O) groups is 1. The summed E-state index contributed by atoms with van der Waals surface area (Å²) in [5, 5.41) is 4.51. The molecule has 1 heterocycles. The van der Waals surface area contributed by atoms with Crippen LogP contribution >= 0.6 is 11.8 Å². The second kappa shape index (κ2) is 6.67. The number of rotatable bonds is 4. The number of nitrogens with one attached hydrogen (secondary N) is 1. The molecule has 3 rings (SSSR count). The zero-order valence-corrected chi connectivity index (χ0v) is 13.1. The summed E-state index contributed by atoms with van der Waals surface area (Å²) < 4.78 is 0. The van der Waals surface area contributed by atoms with Gasteiger partial charge in [0.25, 0.3) is 0 Å². The van der Waals surface area contributed by atoms with Crippen LogP contribution in [0.2, 0.25) is 0 Å². The van der Waals surface area contributed by atoms with Gasteiger partial charge in [-0.15, -0.1) is 0 Å². The highest BCUT2D eigenvalue weighted by Gasteiger charge is 2.20. The summed E-state index contributed by atoms with van der Waals surface area (Å²) in [4.78, 5) is 11.9. The molecule has 1 N–H and O–H groups in total. The maximum Gasteiger partial charge on any atom is 0.162 e. The number of ketones is 1. The number of anilines is 1. The molecule has 1 aliphatic rings. The van der Waals surface area contributed by atoms with Crippen molar-refractivity contribution >= 4 is 23.2 Å². The number of allylic oxidation sites excluding steroid dienone is 2. The first-order valence-corrected chi connectivity index (χ1v) is 8.09. The van der Waals surface area contributed by atoms with Gasteiger partial charge >= 0.3 is 0 Å². The number of hydrogen-bond acceptors (Lipinski definition) is 3. The molecule has 1 aliphatic heterocycles. The summed E-state index contributed by atoms with van der Waals surface area (Å²) in [7, 11) is 0. The van der Waals surface area contributed by atoms with Crippen LogP contribution in [-0.4, -0.2) is 5.78 Å². The summed E-state index contributed by atoms with van der Waals surface area (Å²) in [6.45, 7) is 1.61. The first kappa shape index (κ1) is 14.7. The molecule has 2 aromatic rings. The van der Waals surface area contributed by atoms with Gasteiger partial charge < -0.3 is 5.32 Å². The van der Waals surface area contributed by atoms with Crippen molar-refractivity contribution in [3.05, 3.63) is 89.0 Å². The van der Waals surface area contributed by atoms with Gasteiger partial charge in [-0.25, -0.2) is 0 Å². The van der Waals surface area contributed by atoms with E-state index in [4.69, 9.17) is 0 Å². The summed E-state index contributed by atoms with van der Waals surface area (Å²) in [6.07, 6.45) is 4.02. The normalized spacial score (nSPS) is 17.4. The van der Waals surface area contributed by atoms with Crippen LogP contribution in [0.3, 0.4) is 0 Å². The topological polar surface area (TPSA) is 29.1 Å². The molecule has 110 valence electrons. The third-order valence-electron chi connectivity index (χ3n) is 3.47. The second-order valence-electron chi connectivity index (χ2n) is 5.10. The Morgan fingerprint density at radius 2 is 1.64 bits per heavy atom. The predicted octanol–water partition coefficient (Wildman–Crippen LogP) is 4.94. The fourth-order valence-corrected chi connectivity index (χ4v) is 3.56. The first-order chi connectivity index (χ1) is 10.7. The maximum atomic E-state index is 11.9. The molecule has 1 unspecified atom stereocenters. The molecule has 2 aromatic carbocycles. The first-order valence-electron chi connectivity index (χ1n) is 7.21. The van der Waals surface area contributed by atoms with E-state index in [2.05, 4.69) is 23.5 Å². The van der Waals surface area contributed by atoms with Gasteiger partial charge in [0, 0.05) is 11.3 Å². The van der Waals surface area contributed by atoms with Gasteiger partial charge in [0.15, 0.2) is 5.78 Å². The van der Waals surface area contributed by atoms with E-state index in [1.165, 1.54) is 5.56 Å². The molecule has 2 nitrogen and oxygen atoms in total. The number of benzene rings is 2. The Labute approximate surface area is 134 Å². The number of carbonyl (C=O) groups excluding carboxylic acids is 1. The molecule has 1 atom stereocenters. The Morgan fingerprint density at radius 3 is 2.27 bits per heavy atom. The standard InChI is InChI=1S/C19H17NOS/c1-14(21)17-12-13-18(15-8-4-2-5-9-15)22-19(17)20-16-10-6-3-7-11-16/h2-13,18,20H,1H3. The van der Waals surface area contributed by atoms with E-state index in [1.54, 1.807) is 18.7 Å². The number of hydrogen-bond donors (Lipinski definition) is 1. The zero-order chi connectivity index (χ0) is 15.4. The van der Waals surface area contributed by atoms with Crippen LogP contribution in [0.25, 0.3) is 0 Å². The van der Waals surface area contributed by atoms with E-state index in [0.717, 1.165) is 16.3 Å².